The molecule has 1 amide bonds. The fourth-order valence-electron chi connectivity index (χ4n) is 5.23. The molecule has 1 spiro atoms. The van der Waals surface area contributed by atoms with Crippen molar-refractivity contribution in [2.45, 2.75) is 18.9 Å². The molecule has 4 heterocycles. The minimum Gasteiger partial charge on any atom is -0.342 e. The summed E-state index contributed by atoms with van der Waals surface area (Å²) in [6.07, 6.45) is 2.75. The van der Waals surface area contributed by atoms with Gasteiger partial charge >= 0.3 is 0 Å². The molecule has 2 aliphatic heterocycles. The van der Waals surface area contributed by atoms with Crippen LogP contribution in [0.4, 0.5) is 24.8 Å². The van der Waals surface area contributed by atoms with Crippen LogP contribution in [0.2, 0.25) is 0 Å². The number of fused-ring (bicyclic) bond motifs is 1. The number of H-pyrrole nitrogens is 1. The Morgan fingerprint density at radius 3 is 2.53 bits per heavy atom. The maximum absolute atomic E-state index is 14.0. The number of piperidine rings is 1. The third kappa shape index (κ3) is 3.07. The molecule has 2 aromatic heterocycles. The highest BCUT2D eigenvalue weighted by Gasteiger charge is 2.62. The topological polar surface area (TPSA) is 65.1 Å². The lowest BCUT2D eigenvalue weighted by atomic mass is 9.63. The van der Waals surface area contributed by atoms with Crippen LogP contribution in [0.25, 0.3) is 11.0 Å². The number of β-lactam (4-membered cyclic amide) rings is 1. The Kier molecular flexibility index (Phi) is 4.62. The number of rotatable bonds is 3. The molecular formula is C25H20F3N5O. The normalized spacial score (nSPS) is 19.6. The Hall–Kier alpha value is -3.88. The average molecular weight is 463 g/mol. The first-order valence-corrected chi connectivity index (χ1v) is 11.1. The van der Waals surface area contributed by atoms with Crippen molar-refractivity contribution in [3.63, 3.8) is 0 Å². The number of pyridine rings is 1. The van der Waals surface area contributed by atoms with Gasteiger partial charge in [-0.25, -0.2) is 18.2 Å². The number of benzene rings is 2. The lowest BCUT2D eigenvalue weighted by Gasteiger charge is -2.58. The van der Waals surface area contributed by atoms with Crippen LogP contribution < -0.4 is 9.80 Å². The first-order valence-electron chi connectivity index (χ1n) is 11.1. The monoisotopic (exact) mass is 463 g/mol. The Morgan fingerprint density at radius 2 is 1.79 bits per heavy atom. The molecule has 0 bridgehead atoms. The second-order valence-electron chi connectivity index (χ2n) is 8.80. The van der Waals surface area contributed by atoms with Gasteiger partial charge in [0.2, 0.25) is 11.9 Å². The number of carbonyl (C=O) groups is 1. The van der Waals surface area contributed by atoms with Crippen LogP contribution in [-0.2, 0) is 4.79 Å². The van der Waals surface area contributed by atoms with E-state index < -0.39 is 23.1 Å². The van der Waals surface area contributed by atoms with E-state index >= 15 is 0 Å². The average Bonchev–Trinajstić information content (AvgIpc) is 3.28. The Balaban J connectivity index is 1.31. The summed E-state index contributed by atoms with van der Waals surface area (Å²) in [6.45, 7) is 1.12. The van der Waals surface area contributed by atoms with E-state index in [1.165, 1.54) is 23.1 Å². The summed E-state index contributed by atoms with van der Waals surface area (Å²) in [5, 5.41) is 0. The van der Waals surface area contributed by atoms with E-state index in [-0.39, 0.29) is 11.7 Å². The maximum Gasteiger partial charge on any atom is 0.236 e. The van der Waals surface area contributed by atoms with Crippen molar-refractivity contribution in [2.24, 2.45) is 5.41 Å². The van der Waals surface area contributed by atoms with E-state index in [1.54, 1.807) is 18.3 Å². The van der Waals surface area contributed by atoms with E-state index in [4.69, 9.17) is 0 Å². The van der Waals surface area contributed by atoms with Gasteiger partial charge in [-0.2, -0.15) is 0 Å². The molecule has 172 valence electrons. The fraction of sp³-hybridized carbons (Fsp3) is 0.240. The molecule has 2 aliphatic rings. The first-order chi connectivity index (χ1) is 16.5. The van der Waals surface area contributed by atoms with Crippen LogP contribution in [-0.4, -0.2) is 33.9 Å². The van der Waals surface area contributed by atoms with Gasteiger partial charge in [0.15, 0.2) is 11.6 Å². The molecule has 2 aromatic carbocycles. The maximum atomic E-state index is 14.0. The van der Waals surface area contributed by atoms with Gasteiger partial charge in [0.1, 0.15) is 5.82 Å². The molecule has 1 N–H and O–H groups in total. The lowest BCUT2D eigenvalue weighted by molar-refractivity contribution is -0.142. The smallest absolute Gasteiger partial charge is 0.236 e. The summed E-state index contributed by atoms with van der Waals surface area (Å²) < 4.78 is 41.1. The predicted molar refractivity (Wildman–Crippen MR) is 121 cm³/mol. The van der Waals surface area contributed by atoms with Crippen LogP contribution in [0, 0.1) is 22.9 Å². The summed E-state index contributed by atoms with van der Waals surface area (Å²) in [5.74, 6) is -1.78. The second kappa shape index (κ2) is 7.58. The van der Waals surface area contributed by atoms with Gasteiger partial charge in [0, 0.05) is 31.0 Å². The van der Waals surface area contributed by atoms with Crippen molar-refractivity contribution in [1.82, 2.24) is 15.0 Å². The lowest BCUT2D eigenvalue weighted by Crippen LogP contribution is -2.67. The summed E-state index contributed by atoms with van der Waals surface area (Å²) in [7, 11) is 0. The predicted octanol–water partition coefficient (Wildman–Crippen LogP) is 4.75. The number of nitrogens with zero attached hydrogens (tertiary/aromatic N) is 4. The summed E-state index contributed by atoms with van der Waals surface area (Å²) in [5.41, 5.74) is 1.61. The third-order valence-corrected chi connectivity index (χ3v) is 6.96. The molecule has 1 atom stereocenters. The van der Waals surface area contributed by atoms with Crippen LogP contribution in [0.5, 0.6) is 0 Å². The van der Waals surface area contributed by atoms with Crippen LogP contribution in [0.1, 0.15) is 24.6 Å². The van der Waals surface area contributed by atoms with Crippen LogP contribution in [0.15, 0.2) is 60.8 Å². The minimum absolute atomic E-state index is 0.125. The highest BCUT2D eigenvalue weighted by Crippen LogP contribution is 2.57. The summed E-state index contributed by atoms with van der Waals surface area (Å²) in [4.78, 5) is 29.3. The Morgan fingerprint density at radius 1 is 0.971 bits per heavy atom. The van der Waals surface area contributed by atoms with Crippen molar-refractivity contribution in [3.8, 4) is 0 Å². The molecule has 1 unspecified atom stereocenters. The van der Waals surface area contributed by atoms with E-state index in [0.717, 1.165) is 12.1 Å². The van der Waals surface area contributed by atoms with Crippen molar-refractivity contribution in [3.05, 3.63) is 83.9 Å². The molecule has 0 aliphatic carbocycles. The first kappa shape index (κ1) is 20.7. The number of aromatic nitrogens is 3. The number of anilines is 2. The number of hydrogen-bond acceptors (Lipinski definition) is 4. The number of halogens is 3. The fourth-order valence-corrected chi connectivity index (χ4v) is 5.23. The van der Waals surface area contributed by atoms with Crippen molar-refractivity contribution >= 4 is 28.6 Å². The SMILES string of the molecule is O=C1N(c2ccc(F)c(F)c2)C(c2ccccn2)C12CCN(c1nc3ccc(F)cc3[nH]1)CC2. The number of nitrogens with one attached hydrogen (secondary N) is 1. The molecule has 0 saturated carbocycles. The highest BCUT2D eigenvalue weighted by molar-refractivity contribution is 6.06. The van der Waals surface area contributed by atoms with E-state index in [2.05, 4.69) is 15.0 Å². The highest BCUT2D eigenvalue weighted by atomic mass is 19.2. The quantitative estimate of drug-likeness (QED) is 0.446. The molecule has 6 rings (SSSR count). The van der Waals surface area contributed by atoms with Gasteiger partial charge in [-0.05, 0) is 55.3 Å². The third-order valence-electron chi connectivity index (χ3n) is 6.96. The molecular weight excluding hydrogens is 443 g/mol. The molecule has 4 aromatic rings. The van der Waals surface area contributed by atoms with Gasteiger partial charge in [0.05, 0.1) is 28.2 Å². The number of carbonyl (C=O) groups excluding carboxylic acids is 1. The van der Waals surface area contributed by atoms with Gasteiger partial charge in [-0.1, -0.05) is 6.07 Å². The zero-order chi connectivity index (χ0) is 23.4. The number of imidazole rings is 1. The molecule has 0 radical (unpaired) electrons. The van der Waals surface area contributed by atoms with E-state index in [9.17, 15) is 18.0 Å². The Bertz CT molecular complexity index is 1400. The number of aromatic amines is 1. The van der Waals surface area contributed by atoms with Crippen LogP contribution in [0.3, 0.4) is 0 Å². The zero-order valence-electron chi connectivity index (χ0n) is 18.0. The molecule has 6 nitrogen and oxygen atoms in total. The molecule has 2 saturated heterocycles. The van der Waals surface area contributed by atoms with Gasteiger partial charge in [0.25, 0.3) is 0 Å². The van der Waals surface area contributed by atoms with Gasteiger partial charge in [-0.3, -0.25) is 9.78 Å². The summed E-state index contributed by atoms with van der Waals surface area (Å²) in [6, 6.07) is 13.0. The van der Waals surface area contributed by atoms with Crippen molar-refractivity contribution in [1.29, 1.82) is 0 Å². The molecule has 2 fully saturated rings. The Labute approximate surface area is 193 Å². The van der Waals surface area contributed by atoms with E-state index in [0.29, 0.717) is 54.3 Å². The zero-order valence-corrected chi connectivity index (χ0v) is 18.0. The number of hydrogen-bond donors (Lipinski definition) is 1. The van der Waals surface area contributed by atoms with Crippen molar-refractivity contribution in [2.75, 3.05) is 22.9 Å². The van der Waals surface area contributed by atoms with Gasteiger partial charge < -0.3 is 14.8 Å². The van der Waals surface area contributed by atoms with E-state index in [1.807, 2.05) is 17.0 Å². The largest absolute Gasteiger partial charge is 0.342 e. The standard InChI is InChI=1S/C25H20F3N5O/c26-15-4-7-19-21(13-15)31-24(30-19)32-11-8-25(9-12-32)22(20-3-1-2-10-29-20)33(23(25)34)16-5-6-17(27)18(28)14-16/h1-7,10,13-14,22H,8-9,11-12H2,(H,30,31). The minimum atomic E-state index is -0.998. The van der Waals surface area contributed by atoms with Gasteiger partial charge in [-0.15, -0.1) is 0 Å². The molecule has 9 heteroatoms. The molecule has 34 heavy (non-hydrogen) atoms. The van der Waals surface area contributed by atoms with Crippen LogP contribution >= 0.6 is 0 Å². The summed E-state index contributed by atoms with van der Waals surface area (Å²) >= 11 is 0. The van der Waals surface area contributed by atoms with Crippen molar-refractivity contribution < 1.29 is 18.0 Å². The second-order valence-corrected chi connectivity index (χ2v) is 8.80. The number of amides is 1.